The van der Waals surface area contributed by atoms with Gasteiger partial charge in [0, 0.05) is 19.1 Å². The van der Waals surface area contributed by atoms with Crippen LogP contribution in [0.2, 0.25) is 0 Å². The Labute approximate surface area is 112 Å². The zero-order valence-corrected chi connectivity index (χ0v) is 11.3. The van der Waals surface area contributed by atoms with Crippen molar-refractivity contribution < 1.29 is 18.3 Å². The lowest BCUT2D eigenvalue weighted by molar-refractivity contribution is -0.159. The van der Waals surface area contributed by atoms with Crippen LogP contribution in [0.25, 0.3) is 0 Å². The maximum absolute atomic E-state index is 13.1. The van der Waals surface area contributed by atoms with E-state index in [-0.39, 0.29) is 0 Å². The summed E-state index contributed by atoms with van der Waals surface area (Å²) in [5.74, 6) is -4.67. The first-order chi connectivity index (χ1) is 9.01. The molecular formula is C13H22F2N2O2. The van der Waals surface area contributed by atoms with Crippen LogP contribution in [0.3, 0.4) is 0 Å². The van der Waals surface area contributed by atoms with E-state index in [1.807, 2.05) is 0 Å². The molecule has 0 spiro atoms. The largest absolute Gasteiger partial charge is 0.456 e. The Morgan fingerprint density at radius 1 is 1.47 bits per heavy atom. The lowest BCUT2D eigenvalue weighted by atomic mass is 10.1. The molecule has 2 aliphatic heterocycles. The molecule has 110 valence electrons. The van der Waals surface area contributed by atoms with E-state index in [9.17, 15) is 13.6 Å². The predicted octanol–water partition coefficient (Wildman–Crippen LogP) is 1.40. The number of ether oxygens (including phenoxy) is 1. The molecule has 2 atom stereocenters. The molecule has 0 aromatic rings. The standard InChI is InChI=1S/C13H22F2N2O2/c1-2-6-17(8-10-4-3-5-16-10)9-11-7-13(14,15)12(18)19-11/h10-11,16H,2-9H2,1H3. The van der Waals surface area contributed by atoms with Gasteiger partial charge in [-0.05, 0) is 32.4 Å². The van der Waals surface area contributed by atoms with Crippen LogP contribution in [0, 0.1) is 0 Å². The van der Waals surface area contributed by atoms with E-state index in [0.29, 0.717) is 12.6 Å². The Balaban J connectivity index is 1.84. The molecule has 0 aliphatic carbocycles. The quantitative estimate of drug-likeness (QED) is 0.745. The van der Waals surface area contributed by atoms with Crippen molar-refractivity contribution in [1.29, 1.82) is 0 Å². The topological polar surface area (TPSA) is 41.6 Å². The van der Waals surface area contributed by atoms with E-state index in [2.05, 4.69) is 17.1 Å². The summed E-state index contributed by atoms with van der Waals surface area (Å²) in [5, 5.41) is 3.40. The van der Waals surface area contributed by atoms with E-state index in [4.69, 9.17) is 4.74 Å². The molecule has 0 radical (unpaired) electrons. The molecule has 19 heavy (non-hydrogen) atoms. The predicted molar refractivity (Wildman–Crippen MR) is 67.2 cm³/mol. The van der Waals surface area contributed by atoms with Crippen LogP contribution in [0.5, 0.6) is 0 Å². The van der Waals surface area contributed by atoms with Gasteiger partial charge in [-0.3, -0.25) is 4.90 Å². The van der Waals surface area contributed by atoms with Crippen molar-refractivity contribution >= 4 is 5.97 Å². The maximum atomic E-state index is 13.1. The van der Waals surface area contributed by atoms with E-state index in [1.54, 1.807) is 0 Å². The van der Waals surface area contributed by atoms with E-state index < -0.39 is 24.4 Å². The van der Waals surface area contributed by atoms with Crippen LogP contribution in [-0.2, 0) is 9.53 Å². The third-order valence-electron chi connectivity index (χ3n) is 3.70. The van der Waals surface area contributed by atoms with Gasteiger partial charge in [0.1, 0.15) is 6.10 Å². The summed E-state index contributed by atoms with van der Waals surface area (Å²) in [4.78, 5) is 13.1. The normalized spacial score (nSPS) is 30.0. The number of carbonyl (C=O) groups excluding carboxylic acids is 1. The molecule has 2 unspecified atom stereocenters. The highest BCUT2D eigenvalue weighted by Crippen LogP contribution is 2.31. The van der Waals surface area contributed by atoms with Crippen molar-refractivity contribution in [3.8, 4) is 0 Å². The van der Waals surface area contributed by atoms with Crippen molar-refractivity contribution in [3.63, 3.8) is 0 Å². The summed E-state index contributed by atoms with van der Waals surface area (Å²) in [5.41, 5.74) is 0. The lowest BCUT2D eigenvalue weighted by Gasteiger charge is -2.27. The number of alkyl halides is 2. The van der Waals surface area contributed by atoms with Crippen LogP contribution in [0.15, 0.2) is 0 Å². The Bertz CT molecular complexity index is 320. The number of nitrogens with one attached hydrogen (secondary N) is 1. The van der Waals surface area contributed by atoms with Crippen molar-refractivity contribution in [1.82, 2.24) is 10.2 Å². The summed E-state index contributed by atoms with van der Waals surface area (Å²) in [7, 11) is 0. The smallest absolute Gasteiger partial charge is 0.377 e. The van der Waals surface area contributed by atoms with Gasteiger partial charge >= 0.3 is 11.9 Å². The number of cyclic esters (lactones) is 1. The molecule has 2 saturated heterocycles. The zero-order valence-electron chi connectivity index (χ0n) is 11.3. The molecule has 6 heteroatoms. The highest BCUT2D eigenvalue weighted by molar-refractivity contribution is 5.79. The van der Waals surface area contributed by atoms with Crippen molar-refractivity contribution in [2.45, 2.75) is 50.7 Å². The number of hydrogen-bond acceptors (Lipinski definition) is 4. The summed E-state index contributed by atoms with van der Waals surface area (Å²) in [6.45, 7) is 5.18. The highest BCUT2D eigenvalue weighted by Gasteiger charge is 2.51. The molecule has 0 bridgehead atoms. The molecule has 0 saturated carbocycles. The Hall–Kier alpha value is -0.750. The molecule has 0 amide bonds. The summed E-state index contributed by atoms with van der Waals surface area (Å²) in [6, 6.07) is 0.434. The van der Waals surface area contributed by atoms with Crippen LogP contribution < -0.4 is 5.32 Å². The van der Waals surface area contributed by atoms with Crippen LogP contribution >= 0.6 is 0 Å². The summed E-state index contributed by atoms with van der Waals surface area (Å²) in [6.07, 6.45) is 2.10. The number of hydrogen-bond donors (Lipinski definition) is 1. The first kappa shape index (κ1) is 14.7. The molecule has 2 aliphatic rings. The second-order valence-corrected chi connectivity index (χ2v) is 5.49. The van der Waals surface area contributed by atoms with Gasteiger partial charge in [-0.2, -0.15) is 8.78 Å². The number of rotatable bonds is 6. The van der Waals surface area contributed by atoms with Gasteiger partial charge in [0.25, 0.3) is 0 Å². The van der Waals surface area contributed by atoms with E-state index in [0.717, 1.165) is 32.5 Å². The molecule has 0 aromatic carbocycles. The highest BCUT2D eigenvalue weighted by atomic mass is 19.3. The van der Waals surface area contributed by atoms with Gasteiger partial charge in [-0.25, -0.2) is 4.79 Å². The molecular weight excluding hydrogens is 254 g/mol. The third-order valence-corrected chi connectivity index (χ3v) is 3.70. The average molecular weight is 276 g/mol. The second-order valence-electron chi connectivity index (χ2n) is 5.49. The number of carbonyl (C=O) groups is 1. The number of halogens is 2. The van der Waals surface area contributed by atoms with Crippen molar-refractivity contribution in [3.05, 3.63) is 0 Å². The first-order valence-corrected chi connectivity index (χ1v) is 7.06. The third kappa shape index (κ3) is 3.86. The Morgan fingerprint density at radius 2 is 2.26 bits per heavy atom. The van der Waals surface area contributed by atoms with Gasteiger partial charge in [-0.15, -0.1) is 0 Å². The van der Waals surface area contributed by atoms with Gasteiger partial charge in [0.05, 0.1) is 6.42 Å². The molecule has 0 aromatic heterocycles. The maximum Gasteiger partial charge on any atom is 0.377 e. The first-order valence-electron chi connectivity index (χ1n) is 7.06. The number of nitrogens with zero attached hydrogens (tertiary/aromatic N) is 1. The SMILES string of the molecule is CCCN(CC1CCCN1)CC1CC(F)(F)C(=O)O1. The van der Waals surface area contributed by atoms with E-state index in [1.165, 1.54) is 6.42 Å². The molecule has 2 fully saturated rings. The zero-order chi connectivity index (χ0) is 13.9. The Kier molecular flexibility index (Phi) is 4.73. The van der Waals surface area contributed by atoms with Crippen LogP contribution in [-0.4, -0.2) is 55.1 Å². The van der Waals surface area contributed by atoms with Crippen molar-refractivity contribution in [2.24, 2.45) is 0 Å². The Morgan fingerprint density at radius 3 is 2.79 bits per heavy atom. The van der Waals surface area contributed by atoms with Gasteiger partial charge < -0.3 is 10.1 Å². The molecule has 2 heterocycles. The fourth-order valence-corrected chi connectivity index (χ4v) is 2.84. The summed E-state index contributed by atoms with van der Waals surface area (Å²) < 4.78 is 31.0. The van der Waals surface area contributed by atoms with Gasteiger partial charge in [0.15, 0.2) is 0 Å². The average Bonchev–Trinajstić information content (AvgIpc) is 2.88. The fourth-order valence-electron chi connectivity index (χ4n) is 2.84. The van der Waals surface area contributed by atoms with Gasteiger partial charge in [-0.1, -0.05) is 6.92 Å². The second kappa shape index (κ2) is 6.13. The van der Waals surface area contributed by atoms with Crippen molar-refractivity contribution in [2.75, 3.05) is 26.2 Å². The molecule has 4 nitrogen and oxygen atoms in total. The fraction of sp³-hybridized carbons (Fsp3) is 0.923. The minimum absolute atomic E-state index is 0.410. The monoisotopic (exact) mass is 276 g/mol. The lowest BCUT2D eigenvalue weighted by Crippen LogP contribution is -2.41. The van der Waals surface area contributed by atoms with E-state index >= 15 is 0 Å². The molecule has 2 rings (SSSR count). The summed E-state index contributed by atoms with van der Waals surface area (Å²) >= 11 is 0. The van der Waals surface area contributed by atoms with Gasteiger partial charge in [0.2, 0.25) is 0 Å². The number of esters is 1. The van der Waals surface area contributed by atoms with Crippen LogP contribution in [0.4, 0.5) is 8.78 Å². The minimum atomic E-state index is -3.30. The molecule has 1 N–H and O–H groups in total. The minimum Gasteiger partial charge on any atom is -0.456 e. The van der Waals surface area contributed by atoms with Crippen LogP contribution in [0.1, 0.15) is 32.6 Å².